The zero-order valence-electron chi connectivity index (χ0n) is 26.2. The number of ether oxygens (including phenoxy) is 2. The molecule has 0 saturated heterocycles. The van der Waals surface area contributed by atoms with Crippen LogP contribution >= 0.6 is 22.6 Å². The molecule has 5 nitrogen and oxygen atoms in total. The Balaban J connectivity index is 1.45. The molecule has 0 saturated carbocycles. The third-order valence-corrected chi connectivity index (χ3v) is 10.2. The maximum atomic E-state index is 13.9. The molecule has 224 valence electrons. The quantitative estimate of drug-likeness (QED) is 0.251. The van der Waals surface area contributed by atoms with E-state index in [0.717, 1.165) is 50.1 Å². The van der Waals surface area contributed by atoms with Crippen LogP contribution in [-0.2, 0) is 16.2 Å². The van der Waals surface area contributed by atoms with E-state index >= 15 is 0 Å². The smallest absolute Gasteiger partial charge is 0.174 e. The lowest BCUT2D eigenvalue weighted by Gasteiger charge is -2.48. The Morgan fingerprint density at radius 3 is 2.09 bits per heavy atom. The first kappa shape index (κ1) is 29.9. The molecule has 0 amide bonds. The van der Waals surface area contributed by atoms with Crippen LogP contribution in [-0.4, -0.2) is 30.6 Å². The van der Waals surface area contributed by atoms with Crippen LogP contribution in [0.1, 0.15) is 76.0 Å². The molecule has 0 N–H and O–H groups in total. The van der Waals surface area contributed by atoms with Gasteiger partial charge in [0.05, 0.1) is 10.7 Å². The summed E-state index contributed by atoms with van der Waals surface area (Å²) >= 11 is 2.30. The van der Waals surface area contributed by atoms with Crippen molar-refractivity contribution in [1.29, 1.82) is 0 Å². The molecule has 6 heteroatoms. The normalized spacial score (nSPS) is 20.0. The number of hydrogen-bond acceptors (Lipinski definition) is 5. The zero-order chi connectivity index (χ0) is 30.8. The molecule has 0 spiro atoms. The van der Waals surface area contributed by atoms with Gasteiger partial charge in [-0.2, -0.15) is 0 Å². The molecule has 0 radical (unpaired) electrons. The fraction of sp³-hybridized carbons (Fsp3) is 0.405. The molecule has 3 aromatic carbocycles. The molecule has 0 aromatic heterocycles. The average molecular weight is 690 g/mol. The minimum absolute atomic E-state index is 0.132. The highest BCUT2D eigenvalue weighted by Crippen LogP contribution is 2.54. The zero-order valence-corrected chi connectivity index (χ0v) is 28.3. The standard InChI is InChI=1S/C37H40INO4/c1-21-12-13-22-10-8-9-11-24(22)25(21)20-43-35-26(38)14-23(15-31(35)42-7)32-33-27(16-36(2,3)18-29(33)40)39(6)28-17-37(4,5)19-30(41)34(28)32/h8-15,32H,16-20H2,1-7H3. The minimum Gasteiger partial charge on any atom is -0.493 e. The molecule has 1 heterocycles. The number of hydrogen-bond donors (Lipinski definition) is 0. The number of methoxy groups -OCH3 is 1. The summed E-state index contributed by atoms with van der Waals surface area (Å²) in [4.78, 5) is 30.0. The first-order valence-corrected chi connectivity index (χ1v) is 16.1. The molecular formula is C37H40INO4. The van der Waals surface area contributed by atoms with Crippen LogP contribution in [0.4, 0.5) is 0 Å². The summed E-state index contributed by atoms with van der Waals surface area (Å²) in [7, 11) is 3.69. The van der Waals surface area contributed by atoms with Crippen LogP contribution in [0.3, 0.4) is 0 Å². The summed E-state index contributed by atoms with van der Waals surface area (Å²) in [6.45, 7) is 11.2. The number of allylic oxidation sites excluding steroid dienone is 4. The van der Waals surface area contributed by atoms with Gasteiger partial charge >= 0.3 is 0 Å². The van der Waals surface area contributed by atoms with E-state index in [1.54, 1.807) is 7.11 Å². The highest BCUT2D eigenvalue weighted by atomic mass is 127. The topological polar surface area (TPSA) is 55.8 Å². The van der Waals surface area contributed by atoms with Crippen molar-refractivity contribution in [2.75, 3.05) is 14.2 Å². The van der Waals surface area contributed by atoms with Crippen molar-refractivity contribution in [3.05, 3.63) is 91.3 Å². The number of halogens is 1. The van der Waals surface area contributed by atoms with Crippen LogP contribution in [0.5, 0.6) is 11.5 Å². The third kappa shape index (κ3) is 5.30. The first-order chi connectivity index (χ1) is 20.3. The van der Waals surface area contributed by atoms with Gasteiger partial charge in [-0.25, -0.2) is 0 Å². The molecule has 0 unspecified atom stereocenters. The summed E-state index contributed by atoms with van der Waals surface area (Å²) in [6, 6.07) is 16.7. The van der Waals surface area contributed by atoms with E-state index in [0.29, 0.717) is 30.9 Å². The highest BCUT2D eigenvalue weighted by Gasteiger charge is 2.48. The molecule has 0 atom stereocenters. The Morgan fingerprint density at radius 1 is 0.884 bits per heavy atom. The SMILES string of the molecule is COc1cc(C2C3=C(CC(C)(C)CC3=O)N(C)C3=C2C(=O)CC(C)(C)C3)cc(I)c1OCc1c(C)ccc2ccccc12. The van der Waals surface area contributed by atoms with E-state index in [1.807, 2.05) is 19.2 Å². The molecule has 3 aromatic rings. The predicted molar refractivity (Wildman–Crippen MR) is 179 cm³/mol. The van der Waals surface area contributed by atoms with Gasteiger partial charge in [-0.05, 0) is 87.2 Å². The van der Waals surface area contributed by atoms with Gasteiger partial charge in [-0.3, -0.25) is 9.59 Å². The van der Waals surface area contributed by atoms with E-state index < -0.39 is 5.92 Å². The van der Waals surface area contributed by atoms with Crippen molar-refractivity contribution in [1.82, 2.24) is 4.90 Å². The number of Topliss-reactive ketones (excluding diaryl/α,β-unsaturated/α-hetero) is 2. The Morgan fingerprint density at radius 2 is 1.49 bits per heavy atom. The van der Waals surface area contributed by atoms with E-state index in [2.05, 4.69) is 98.5 Å². The summed E-state index contributed by atoms with van der Waals surface area (Å²) in [5.74, 6) is 1.13. The van der Waals surface area contributed by atoms with Crippen molar-refractivity contribution in [2.24, 2.45) is 10.8 Å². The van der Waals surface area contributed by atoms with Gasteiger partial charge in [-0.15, -0.1) is 0 Å². The van der Waals surface area contributed by atoms with E-state index in [9.17, 15) is 9.59 Å². The van der Waals surface area contributed by atoms with Crippen molar-refractivity contribution < 1.29 is 19.1 Å². The van der Waals surface area contributed by atoms with E-state index in [1.165, 1.54) is 16.3 Å². The Kier molecular flexibility index (Phi) is 7.51. The lowest BCUT2D eigenvalue weighted by atomic mass is 9.64. The minimum atomic E-state index is -0.412. The summed E-state index contributed by atoms with van der Waals surface area (Å²) in [5.41, 5.74) is 6.60. The summed E-state index contributed by atoms with van der Waals surface area (Å²) in [5, 5.41) is 2.36. The average Bonchev–Trinajstić information content (AvgIpc) is 2.93. The predicted octanol–water partition coefficient (Wildman–Crippen LogP) is 8.66. The molecule has 0 bridgehead atoms. The molecule has 2 aliphatic carbocycles. The second kappa shape index (κ2) is 10.8. The van der Waals surface area contributed by atoms with E-state index in [4.69, 9.17) is 9.47 Å². The maximum absolute atomic E-state index is 13.9. The number of benzene rings is 3. The molecule has 1 aliphatic heterocycles. The number of ketones is 2. The van der Waals surface area contributed by atoms with Gasteiger partial charge in [-0.1, -0.05) is 64.1 Å². The first-order valence-electron chi connectivity index (χ1n) is 15.0. The van der Waals surface area contributed by atoms with Gasteiger partial charge in [0.25, 0.3) is 0 Å². The second-order valence-electron chi connectivity index (χ2n) is 14.0. The maximum Gasteiger partial charge on any atom is 0.174 e. The number of nitrogens with zero attached hydrogens (tertiary/aromatic N) is 1. The lowest BCUT2D eigenvalue weighted by Crippen LogP contribution is -2.43. The largest absolute Gasteiger partial charge is 0.493 e. The van der Waals surface area contributed by atoms with Gasteiger partial charge in [0, 0.05) is 53.9 Å². The van der Waals surface area contributed by atoms with Gasteiger partial charge in [0.1, 0.15) is 6.61 Å². The van der Waals surface area contributed by atoms with Crippen molar-refractivity contribution in [2.45, 2.75) is 72.8 Å². The fourth-order valence-corrected chi connectivity index (χ4v) is 8.11. The molecule has 0 fully saturated rings. The number of rotatable bonds is 5. The number of carbonyl (C=O) groups is 2. The molecular weight excluding hydrogens is 649 g/mol. The summed E-state index contributed by atoms with van der Waals surface area (Å²) in [6.07, 6.45) is 2.54. The molecule has 3 aliphatic rings. The van der Waals surface area contributed by atoms with Crippen molar-refractivity contribution in [3.8, 4) is 11.5 Å². The van der Waals surface area contributed by atoms with Gasteiger partial charge < -0.3 is 14.4 Å². The van der Waals surface area contributed by atoms with E-state index in [-0.39, 0.29) is 22.4 Å². The van der Waals surface area contributed by atoms with Gasteiger partial charge in [0.15, 0.2) is 23.1 Å². The summed E-state index contributed by atoms with van der Waals surface area (Å²) < 4.78 is 13.3. The number of fused-ring (bicyclic) bond motifs is 1. The van der Waals surface area contributed by atoms with Crippen molar-refractivity contribution >= 4 is 44.9 Å². The number of aryl methyl sites for hydroxylation is 1. The lowest BCUT2D eigenvalue weighted by molar-refractivity contribution is -0.119. The third-order valence-electron chi connectivity index (χ3n) is 9.40. The van der Waals surface area contributed by atoms with Crippen LogP contribution in [0.25, 0.3) is 10.8 Å². The second-order valence-corrected chi connectivity index (χ2v) is 15.2. The fourth-order valence-electron chi connectivity index (χ4n) is 7.33. The highest BCUT2D eigenvalue weighted by molar-refractivity contribution is 14.1. The Labute approximate surface area is 268 Å². The Bertz CT molecular complexity index is 1690. The monoisotopic (exact) mass is 689 g/mol. The van der Waals surface area contributed by atoms with Gasteiger partial charge in [0.2, 0.25) is 0 Å². The number of carbonyl (C=O) groups excluding carboxylic acids is 2. The van der Waals surface area contributed by atoms with Crippen molar-refractivity contribution in [3.63, 3.8) is 0 Å². The van der Waals surface area contributed by atoms with Crippen LogP contribution in [0, 0.1) is 21.3 Å². The van der Waals surface area contributed by atoms with Crippen LogP contribution in [0.15, 0.2) is 71.1 Å². The molecule has 43 heavy (non-hydrogen) atoms. The van der Waals surface area contributed by atoms with Crippen LogP contribution < -0.4 is 9.47 Å². The van der Waals surface area contributed by atoms with Crippen LogP contribution in [0.2, 0.25) is 0 Å². The molecule has 6 rings (SSSR count). The Hall–Kier alpha value is -3.13.